The average Bonchev–Trinajstić information content (AvgIpc) is 2.83. The van der Waals surface area contributed by atoms with Crippen molar-refractivity contribution in [3.8, 4) is 0 Å². The molecule has 17 heavy (non-hydrogen) atoms. The molecule has 0 saturated carbocycles. The molecule has 1 aromatic heterocycles. The van der Waals surface area contributed by atoms with Gasteiger partial charge < -0.3 is 9.84 Å². The molecule has 1 aromatic carbocycles. The summed E-state index contributed by atoms with van der Waals surface area (Å²) < 4.78 is 4.67. The Labute approximate surface area is 105 Å². The van der Waals surface area contributed by atoms with Gasteiger partial charge in [-0.2, -0.15) is 4.98 Å². The zero-order valence-corrected chi connectivity index (χ0v) is 10.3. The third kappa shape index (κ3) is 3.54. The van der Waals surface area contributed by atoms with E-state index in [1.54, 1.807) is 0 Å². The number of nitrogens with zero attached hydrogens (tertiary/aromatic N) is 2. The summed E-state index contributed by atoms with van der Waals surface area (Å²) in [5.41, 5.74) is 1.21. The van der Waals surface area contributed by atoms with Crippen molar-refractivity contribution < 1.29 is 4.52 Å². The van der Waals surface area contributed by atoms with Gasteiger partial charge in [-0.3, -0.25) is 0 Å². The molecule has 1 unspecified atom stereocenters. The van der Waals surface area contributed by atoms with Gasteiger partial charge in [-0.25, -0.2) is 0 Å². The molecule has 5 heteroatoms. The molecule has 0 aliphatic heterocycles. The van der Waals surface area contributed by atoms with Crippen molar-refractivity contribution in [1.29, 1.82) is 0 Å². The fraction of sp³-hybridized carbons (Fsp3) is 0.333. The lowest BCUT2D eigenvalue weighted by Crippen LogP contribution is -2.21. The van der Waals surface area contributed by atoms with E-state index in [0.717, 1.165) is 23.8 Å². The van der Waals surface area contributed by atoms with Crippen LogP contribution in [0.15, 0.2) is 35.2 Å². The molecule has 2 aromatic rings. The Hall–Kier alpha value is -1.39. The van der Waals surface area contributed by atoms with Gasteiger partial charge in [0.05, 0.1) is 0 Å². The summed E-state index contributed by atoms with van der Waals surface area (Å²) >= 11 is 5.84. The minimum atomic E-state index is 0.277. The third-order valence-electron chi connectivity index (χ3n) is 2.58. The molecule has 0 bridgehead atoms. The van der Waals surface area contributed by atoms with E-state index in [1.165, 1.54) is 12.0 Å². The van der Waals surface area contributed by atoms with Crippen LogP contribution in [0.3, 0.4) is 0 Å². The lowest BCUT2D eigenvalue weighted by atomic mass is 10.1. The Bertz CT molecular complexity index is 441. The molecule has 90 valence electrons. The van der Waals surface area contributed by atoms with Crippen LogP contribution < -0.4 is 5.32 Å². The van der Waals surface area contributed by atoms with E-state index < -0.39 is 0 Å². The SMILES string of the molecule is CC(NCCc1ncon1)c1ccc(Cl)cc1. The number of hydrogen-bond acceptors (Lipinski definition) is 4. The van der Waals surface area contributed by atoms with Crippen molar-refractivity contribution in [2.75, 3.05) is 6.54 Å². The lowest BCUT2D eigenvalue weighted by molar-refractivity contribution is 0.408. The van der Waals surface area contributed by atoms with E-state index in [0.29, 0.717) is 0 Å². The largest absolute Gasteiger partial charge is 0.343 e. The monoisotopic (exact) mass is 251 g/mol. The summed E-state index contributed by atoms with van der Waals surface area (Å²) in [7, 11) is 0. The highest BCUT2D eigenvalue weighted by Gasteiger charge is 2.05. The molecule has 4 nitrogen and oxygen atoms in total. The van der Waals surface area contributed by atoms with Crippen molar-refractivity contribution in [2.45, 2.75) is 19.4 Å². The minimum absolute atomic E-state index is 0.277. The van der Waals surface area contributed by atoms with E-state index in [4.69, 9.17) is 11.6 Å². The van der Waals surface area contributed by atoms with Crippen LogP contribution >= 0.6 is 11.6 Å². The minimum Gasteiger partial charge on any atom is -0.343 e. The fourth-order valence-corrected chi connectivity index (χ4v) is 1.70. The highest BCUT2D eigenvalue weighted by molar-refractivity contribution is 6.30. The zero-order chi connectivity index (χ0) is 12.1. The highest BCUT2D eigenvalue weighted by atomic mass is 35.5. The number of halogens is 1. The standard InChI is InChI=1S/C12H14ClN3O/c1-9(10-2-4-11(13)5-3-10)14-7-6-12-15-8-17-16-12/h2-5,8-9,14H,6-7H2,1H3. The molecule has 0 fully saturated rings. The second-order valence-electron chi connectivity index (χ2n) is 3.82. The normalized spacial score (nSPS) is 12.6. The number of hydrogen-bond donors (Lipinski definition) is 1. The maximum atomic E-state index is 5.84. The van der Waals surface area contributed by atoms with Gasteiger partial charge in [-0.15, -0.1) is 0 Å². The first-order valence-electron chi connectivity index (χ1n) is 5.50. The molecule has 1 N–H and O–H groups in total. The first-order chi connectivity index (χ1) is 8.25. The first-order valence-corrected chi connectivity index (χ1v) is 5.87. The van der Waals surface area contributed by atoms with Gasteiger partial charge >= 0.3 is 0 Å². The van der Waals surface area contributed by atoms with Crippen molar-refractivity contribution >= 4 is 11.6 Å². The second kappa shape index (κ2) is 5.80. The van der Waals surface area contributed by atoms with Crippen LogP contribution in [0.5, 0.6) is 0 Å². The van der Waals surface area contributed by atoms with E-state index in [-0.39, 0.29) is 6.04 Å². The van der Waals surface area contributed by atoms with Crippen LogP contribution in [0.4, 0.5) is 0 Å². The van der Waals surface area contributed by atoms with Crippen molar-refractivity contribution in [2.24, 2.45) is 0 Å². The topological polar surface area (TPSA) is 51.0 Å². The van der Waals surface area contributed by atoms with Crippen molar-refractivity contribution in [3.05, 3.63) is 47.1 Å². The van der Waals surface area contributed by atoms with E-state index in [2.05, 4.69) is 26.9 Å². The number of rotatable bonds is 5. The summed E-state index contributed by atoms with van der Waals surface area (Å²) in [6.07, 6.45) is 2.10. The Kier molecular flexibility index (Phi) is 4.12. The lowest BCUT2D eigenvalue weighted by Gasteiger charge is -2.13. The molecule has 0 aliphatic carbocycles. The molecule has 0 saturated heterocycles. The van der Waals surface area contributed by atoms with Gasteiger partial charge in [0.1, 0.15) is 0 Å². The molecular weight excluding hydrogens is 238 g/mol. The quantitative estimate of drug-likeness (QED) is 0.888. The third-order valence-corrected chi connectivity index (χ3v) is 2.83. The maximum absolute atomic E-state index is 5.84. The van der Waals surface area contributed by atoms with Crippen LogP contribution in [-0.2, 0) is 6.42 Å². The predicted molar refractivity (Wildman–Crippen MR) is 65.9 cm³/mol. The number of aromatic nitrogens is 2. The molecule has 0 amide bonds. The smallest absolute Gasteiger partial charge is 0.213 e. The molecule has 0 aliphatic rings. The van der Waals surface area contributed by atoms with Crippen LogP contribution in [0.25, 0.3) is 0 Å². The van der Waals surface area contributed by atoms with Crippen LogP contribution in [0.2, 0.25) is 5.02 Å². The Balaban J connectivity index is 1.81. The average molecular weight is 252 g/mol. The molecular formula is C12H14ClN3O. The number of benzene rings is 1. The summed E-state index contributed by atoms with van der Waals surface area (Å²) in [6.45, 7) is 2.92. The van der Waals surface area contributed by atoms with Crippen molar-refractivity contribution in [3.63, 3.8) is 0 Å². The summed E-state index contributed by atoms with van der Waals surface area (Å²) in [5.74, 6) is 0.723. The van der Waals surface area contributed by atoms with Gasteiger partial charge in [-0.05, 0) is 24.6 Å². The van der Waals surface area contributed by atoms with Gasteiger partial charge in [-0.1, -0.05) is 28.9 Å². The zero-order valence-electron chi connectivity index (χ0n) is 9.56. The Morgan fingerprint density at radius 1 is 1.35 bits per heavy atom. The van der Waals surface area contributed by atoms with E-state index >= 15 is 0 Å². The van der Waals surface area contributed by atoms with Crippen LogP contribution in [0, 0.1) is 0 Å². The molecule has 0 spiro atoms. The van der Waals surface area contributed by atoms with E-state index in [9.17, 15) is 0 Å². The van der Waals surface area contributed by atoms with Crippen LogP contribution in [-0.4, -0.2) is 16.7 Å². The Morgan fingerprint density at radius 2 is 2.12 bits per heavy atom. The summed E-state index contributed by atoms with van der Waals surface area (Å²) in [4.78, 5) is 3.96. The van der Waals surface area contributed by atoms with Gasteiger partial charge in [0.2, 0.25) is 6.39 Å². The van der Waals surface area contributed by atoms with Gasteiger partial charge in [0.15, 0.2) is 5.82 Å². The fourth-order valence-electron chi connectivity index (χ4n) is 1.57. The first kappa shape index (κ1) is 12.1. The molecule has 0 radical (unpaired) electrons. The Morgan fingerprint density at radius 3 is 2.76 bits per heavy atom. The van der Waals surface area contributed by atoms with Gasteiger partial charge in [0.25, 0.3) is 0 Å². The van der Waals surface area contributed by atoms with E-state index in [1.807, 2.05) is 24.3 Å². The molecule has 1 heterocycles. The molecule has 1 atom stereocenters. The predicted octanol–water partition coefficient (Wildman–Crippen LogP) is 2.62. The number of nitrogens with one attached hydrogen (secondary N) is 1. The summed E-state index contributed by atoms with van der Waals surface area (Å²) in [5, 5.41) is 7.90. The molecule has 2 rings (SSSR count). The second-order valence-corrected chi connectivity index (χ2v) is 4.26. The van der Waals surface area contributed by atoms with Crippen LogP contribution in [0.1, 0.15) is 24.4 Å². The highest BCUT2D eigenvalue weighted by Crippen LogP contribution is 2.15. The van der Waals surface area contributed by atoms with Crippen molar-refractivity contribution in [1.82, 2.24) is 15.5 Å². The maximum Gasteiger partial charge on any atom is 0.213 e. The summed E-state index contributed by atoms with van der Waals surface area (Å²) in [6, 6.07) is 8.12. The van der Waals surface area contributed by atoms with Gasteiger partial charge in [0, 0.05) is 24.0 Å².